The van der Waals surface area contributed by atoms with E-state index in [0.717, 1.165) is 19.3 Å². The van der Waals surface area contributed by atoms with Gasteiger partial charge in [-0.25, -0.2) is 4.89 Å². The Morgan fingerprint density at radius 1 is 0.684 bits per heavy atom. The minimum atomic E-state index is -0.278. The third kappa shape index (κ3) is 9.45. The highest BCUT2D eigenvalue weighted by molar-refractivity contribution is 4.75. The van der Waals surface area contributed by atoms with Gasteiger partial charge in [-0.05, 0) is 19.3 Å². The molecule has 2 heteroatoms. The molecule has 0 rings (SSSR count). The molecule has 19 heavy (non-hydrogen) atoms. The first-order valence-corrected chi connectivity index (χ1v) is 8.57. The standard InChI is InChI=1S/C17H36O2/c1-4-7-8-9-10-11-12-13-14-15-16-17(5-2,6-3)19-18/h18H,4-16H2,1-3H3. The summed E-state index contributed by atoms with van der Waals surface area (Å²) < 4.78 is 0. The summed E-state index contributed by atoms with van der Waals surface area (Å²) in [5.74, 6) is 0. The zero-order valence-corrected chi connectivity index (χ0v) is 13.5. The molecule has 2 nitrogen and oxygen atoms in total. The third-order valence-corrected chi connectivity index (χ3v) is 4.47. The van der Waals surface area contributed by atoms with Crippen LogP contribution in [0.2, 0.25) is 0 Å². The fourth-order valence-electron chi connectivity index (χ4n) is 2.71. The summed E-state index contributed by atoms with van der Waals surface area (Å²) in [5, 5.41) is 9.02. The van der Waals surface area contributed by atoms with E-state index in [9.17, 15) is 0 Å². The van der Waals surface area contributed by atoms with Crippen molar-refractivity contribution in [2.24, 2.45) is 0 Å². The van der Waals surface area contributed by atoms with Gasteiger partial charge < -0.3 is 0 Å². The van der Waals surface area contributed by atoms with Crippen LogP contribution >= 0.6 is 0 Å². The van der Waals surface area contributed by atoms with Gasteiger partial charge in [-0.3, -0.25) is 5.26 Å². The predicted octanol–water partition coefficient (Wildman–Crippen LogP) is 6.35. The largest absolute Gasteiger partial charge is 0.251 e. The summed E-state index contributed by atoms with van der Waals surface area (Å²) in [6.07, 6.45) is 16.3. The molecule has 0 radical (unpaired) electrons. The molecule has 116 valence electrons. The summed E-state index contributed by atoms with van der Waals surface area (Å²) >= 11 is 0. The van der Waals surface area contributed by atoms with Gasteiger partial charge in [0.1, 0.15) is 5.60 Å². The monoisotopic (exact) mass is 272 g/mol. The van der Waals surface area contributed by atoms with Crippen molar-refractivity contribution in [2.75, 3.05) is 0 Å². The van der Waals surface area contributed by atoms with E-state index in [-0.39, 0.29) is 5.60 Å². The highest BCUT2D eigenvalue weighted by Crippen LogP contribution is 2.26. The maximum Gasteiger partial charge on any atom is 0.103 e. The van der Waals surface area contributed by atoms with Gasteiger partial charge in [0.25, 0.3) is 0 Å². The zero-order chi connectivity index (χ0) is 14.4. The van der Waals surface area contributed by atoms with Crippen LogP contribution in [0.1, 0.15) is 104 Å². The van der Waals surface area contributed by atoms with Gasteiger partial charge in [0, 0.05) is 0 Å². The SMILES string of the molecule is CCCCCCCCCCCCC(CC)(CC)OO. The van der Waals surface area contributed by atoms with Crippen molar-refractivity contribution in [3.63, 3.8) is 0 Å². The molecule has 0 aromatic rings. The van der Waals surface area contributed by atoms with Crippen LogP contribution in [0, 0.1) is 0 Å². The van der Waals surface area contributed by atoms with E-state index in [1.165, 1.54) is 64.2 Å². The van der Waals surface area contributed by atoms with Crippen LogP contribution in [-0.2, 0) is 4.89 Å². The Morgan fingerprint density at radius 2 is 1.11 bits per heavy atom. The molecule has 0 spiro atoms. The Morgan fingerprint density at radius 3 is 1.47 bits per heavy atom. The molecular formula is C17H36O2. The van der Waals surface area contributed by atoms with Crippen molar-refractivity contribution in [1.82, 2.24) is 0 Å². The summed E-state index contributed by atoms with van der Waals surface area (Å²) in [7, 11) is 0. The van der Waals surface area contributed by atoms with E-state index in [1.54, 1.807) is 0 Å². The smallest absolute Gasteiger partial charge is 0.103 e. The van der Waals surface area contributed by atoms with Gasteiger partial charge >= 0.3 is 0 Å². The molecular weight excluding hydrogens is 236 g/mol. The lowest BCUT2D eigenvalue weighted by atomic mass is 9.90. The second-order valence-corrected chi connectivity index (χ2v) is 5.91. The van der Waals surface area contributed by atoms with E-state index in [1.807, 2.05) is 0 Å². The molecule has 0 saturated heterocycles. The van der Waals surface area contributed by atoms with Crippen LogP contribution in [0.4, 0.5) is 0 Å². The average Bonchev–Trinajstić information content (AvgIpc) is 2.46. The van der Waals surface area contributed by atoms with Crippen molar-refractivity contribution in [2.45, 2.75) is 110 Å². The predicted molar refractivity (Wildman–Crippen MR) is 83.5 cm³/mol. The maximum atomic E-state index is 9.02. The normalized spacial score (nSPS) is 12.0. The van der Waals surface area contributed by atoms with Gasteiger partial charge in [0.2, 0.25) is 0 Å². The summed E-state index contributed by atoms with van der Waals surface area (Å²) in [4.78, 5) is 4.72. The molecule has 0 fully saturated rings. The van der Waals surface area contributed by atoms with Crippen LogP contribution in [0.5, 0.6) is 0 Å². The number of rotatable bonds is 14. The van der Waals surface area contributed by atoms with E-state index >= 15 is 0 Å². The molecule has 0 atom stereocenters. The number of unbranched alkanes of at least 4 members (excludes halogenated alkanes) is 9. The molecule has 0 aliphatic carbocycles. The topological polar surface area (TPSA) is 29.5 Å². The lowest BCUT2D eigenvalue weighted by molar-refractivity contribution is -0.327. The van der Waals surface area contributed by atoms with E-state index in [2.05, 4.69) is 20.8 Å². The molecule has 0 aliphatic heterocycles. The van der Waals surface area contributed by atoms with Crippen LogP contribution in [-0.4, -0.2) is 10.9 Å². The maximum absolute atomic E-state index is 9.02. The van der Waals surface area contributed by atoms with Crippen molar-refractivity contribution in [3.8, 4) is 0 Å². The summed E-state index contributed by atoms with van der Waals surface area (Å²) in [5.41, 5.74) is -0.278. The van der Waals surface area contributed by atoms with E-state index in [4.69, 9.17) is 10.1 Å². The Bertz CT molecular complexity index is 168. The van der Waals surface area contributed by atoms with E-state index < -0.39 is 0 Å². The van der Waals surface area contributed by atoms with Gasteiger partial charge in [0.05, 0.1) is 0 Å². The van der Waals surface area contributed by atoms with Crippen LogP contribution in [0.3, 0.4) is 0 Å². The molecule has 0 aromatic heterocycles. The van der Waals surface area contributed by atoms with Crippen LogP contribution < -0.4 is 0 Å². The molecule has 0 bridgehead atoms. The first-order chi connectivity index (χ1) is 9.24. The summed E-state index contributed by atoms with van der Waals surface area (Å²) in [6, 6.07) is 0. The van der Waals surface area contributed by atoms with E-state index in [0.29, 0.717) is 0 Å². The Balaban J connectivity index is 3.35. The first-order valence-electron chi connectivity index (χ1n) is 8.57. The minimum Gasteiger partial charge on any atom is -0.251 e. The molecule has 0 saturated carbocycles. The second-order valence-electron chi connectivity index (χ2n) is 5.91. The highest BCUT2D eigenvalue weighted by atomic mass is 17.1. The fraction of sp³-hybridized carbons (Fsp3) is 1.00. The average molecular weight is 272 g/mol. The third-order valence-electron chi connectivity index (χ3n) is 4.47. The van der Waals surface area contributed by atoms with Crippen molar-refractivity contribution >= 4 is 0 Å². The lowest BCUT2D eigenvalue weighted by Crippen LogP contribution is -2.29. The Hall–Kier alpha value is -0.0800. The molecule has 0 aromatic carbocycles. The van der Waals surface area contributed by atoms with Crippen LogP contribution in [0.25, 0.3) is 0 Å². The van der Waals surface area contributed by atoms with Crippen molar-refractivity contribution in [3.05, 3.63) is 0 Å². The Kier molecular flexibility index (Phi) is 12.9. The Labute approximate surface area is 120 Å². The van der Waals surface area contributed by atoms with Gasteiger partial charge in [-0.15, -0.1) is 0 Å². The van der Waals surface area contributed by atoms with Gasteiger partial charge in [0.15, 0.2) is 0 Å². The van der Waals surface area contributed by atoms with Gasteiger partial charge in [-0.1, -0.05) is 85.0 Å². The number of hydrogen-bond donors (Lipinski definition) is 1. The molecule has 0 aliphatic rings. The quantitative estimate of drug-likeness (QED) is 0.227. The molecule has 1 N–H and O–H groups in total. The second kappa shape index (κ2) is 12.9. The minimum absolute atomic E-state index is 0.278. The van der Waals surface area contributed by atoms with Crippen molar-refractivity contribution in [1.29, 1.82) is 0 Å². The fourth-order valence-corrected chi connectivity index (χ4v) is 2.71. The lowest BCUT2D eigenvalue weighted by Gasteiger charge is -2.27. The molecule has 0 heterocycles. The molecule has 0 amide bonds. The van der Waals surface area contributed by atoms with Gasteiger partial charge in [-0.2, -0.15) is 0 Å². The molecule has 0 unspecified atom stereocenters. The first kappa shape index (κ1) is 18.9. The zero-order valence-electron chi connectivity index (χ0n) is 13.5. The highest BCUT2D eigenvalue weighted by Gasteiger charge is 2.26. The number of hydrogen-bond acceptors (Lipinski definition) is 2. The van der Waals surface area contributed by atoms with Crippen LogP contribution in [0.15, 0.2) is 0 Å². The summed E-state index contributed by atoms with van der Waals surface area (Å²) in [6.45, 7) is 6.45. The van der Waals surface area contributed by atoms with Crippen molar-refractivity contribution < 1.29 is 10.1 Å².